The third-order valence-electron chi connectivity index (χ3n) is 4.22. The minimum atomic E-state index is -0.259. The third-order valence-corrected chi connectivity index (χ3v) is 4.44. The average Bonchev–Trinajstić information content (AvgIpc) is 2.74. The van der Waals surface area contributed by atoms with Crippen molar-refractivity contribution in [2.75, 3.05) is 0 Å². The molecule has 0 amide bonds. The fourth-order valence-corrected chi connectivity index (χ4v) is 3.00. The van der Waals surface area contributed by atoms with E-state index in [2.05, 4.69) is 19.9 Å². The summed E-state index contributed by atoms with van der Waals surface area (Å²) in [5.41, 5.74) is 2.23. The van der Waals surface area contributed by atoms with Crippen LogP contribution in [0.15, 0.2) is 67.5 Å². The van der Waals surface area contributed by atoms with Gasteiger partial charge in [-0.3, -0.25) is 19.6 Å². The lowest BCUT2D eigenvalue weighted by Gasteiger charge is -2.09. The highest BCUT2D eigenvalue weighted by Crippen LogP contribution is 2.22. The molecule has 0 unspecified atom stereocenters. The number of aromatic nitrogens is 4. The van der Waals surface area contributed by atoms with Gasteiger partial charge in [0.15, 0.2) is 11.6 Å². The number of halogens is 1. The van der Waals surface area contributed by atoms with Crippen LogP contribution in [0.4, 0.5) is 0 Å². The van der Waals surface area contributed by atoms with E-state index in [4.69, 9.17) is 11.6 Å². The second-order valence-electron chi connectivity index (χ2n) is 6.12. The monoisotopic (exact) mass is 388 g/mol. The van der Waals surface area contributed by atoms with Crippen LogP contribution in [0.25, 0.3) is 10.9 Å². The highest BCUT2D eigenvalue weighted by molar-refractivity contribution is 6.30. The Kier molecular flexibility index (Phi) is 4.87. The maximum absolute atomic E-state index is 13.0. The minimum Gasteiger partial charge on any atom is -0.294 e. The molecule has 3 heterocycles. The summed E-state index contributed by atoms with van der Waals surface area (Å²) in [4.78, 5) is 42.1. The van der Waals surface area contributed by atoms with Crippen molar-refractivity contribution in [1.82, 2.24) is 19.9 Å². The zero-order chi connectivity index (χ0) is 19.5. The highest BCUT2D eigenvalue weighted by atomic mass is 35.5. The van der Waals surface area contributed by atoms with Crippen molar-refractivity contribution in [3.05, 3.63) is 94.9 Å². The Morgan fingerprint density at radius 3 is 2.50 bits per heavy atom. The molecule has 0 saturated carbocycles. The van der Waals surface area contributed by atoms with E-state index in [1.54, 1.807) is 36.5 Å². The molecule has 1 aromatic carbocycles. The van der Waals surface area contributed by atoms with Gasteiger partial charge in [0.05, 0.1) is 22.5 Å². The molecule has 6 nitrogen and oxygen atoms in total. The zero-order valence-electron chi connectivity index (χ0n) is 14.5. The topological polar surface area (TPSA) is 85.7 Å². The summed E-state index contributed by atoms with van der Waals surface area (Å²) in [5.74, 6) is -0.442. The van der Waals surface area contributed by atoms with Crippen LogP contribution in [0.2, 0.25) is 5.02 Å². The number of Topliss-reactive ketones (excluding diaryl/α,β-unsaturated/α-hetero) is 1. The summed E-state index contributed by atoms with van der Waals surface area (Å²) >= 11 is 5.85. The molecule has 0 N–H and O–H groups in total. The standard InChI is InChI=1S/C21H13ClN4O2/c22-16-3-4-17(26-11-16)8-19(27)18-7-14(6-13-2-1-5-25-20(13)18)21(28)15-9-23-12-24-10-15/h1-7,9-12H,8H2. The van der Waals surface area contributed by atoms with Gasteiger partial charge in [-0.15, -0.1) is 0 Å². The molecule has 0 atom stereocenters. The summed E-state index contributed by atoms with van der Waals surface area (Å²) in [5, 5.41) is 1.21. The summed E-state index contributed by atoms with van der Waals surface area (Å²) in [6.45, 7) is 0. The SMILES string of the molecule is O=C(c1cncnc1)c1cc(C(=O)Cc2ccc(Cl)cn2)c2ncccc2c1. The number of hydrogen-bond acceptors (Lipinski definition) is 6. The molecule has 0 fully saturated rings. The number of rotatable bonds is 5. The van der Waals surface area contributed by atoms with E-state index >= 15 is 0 Å². The molecule has 0 spiro atoms. The van der Waals surface area contributed by atoms with Gasteiger partial charge in [0.1, 0.15) is 6.33 Å². The van der Waals surface area contributed by atoms with Crippen molar-refractivity contribution in [3.8, 4) is 0 Å². The number of benzene rings is 1. The van der Waals surface area contributed by atoms with E-state index in [-0.39, 0.29) is 18.0 Å². The van der Waals surface area contributed by atoms with E-state index in [1.165, 1.54) is 24.9 Å². The summed E-state index contributed by atoms with van der Waals surface area (Å²) in [7, 11) is 0. The van der Waals surface area contributed by atoms with Gasteiger partial charge in [-0.1, -0.05) is 17.7 Å². The molecular weight excluding hydrogens is 376 g/mol. The van der Waals surface area contributed by atoms with Gasteiger partial charge in [-0.2, -0.15) is 0 Å². The second kappa shape index (κ2) is 7.62. The molecule has 0 aliphatic rings. The highest BCUT2D eigenvalue weighted by Gasteiger charge is 2.18. The molecule has 28 heavy (non-hydrogen) atoms. The Balaban J connectivity index is 1.77. The Bertz CT molecular complexity index is 1180. The van der Waals surface area contributed by atoms with Gasteiger partial charge in [0, 0.05) is 47.0 Å². The lowest BCUT2D eigenvalue weighted by molar-refractivity contribution is 0.0993. The van der Waals surface area contributed by atoms with Crippen molar-refractivity contribution >= 4 is 34.1 Å². The van der Waals surface area contributed by atoms with Crippen LogP contribution in [0.1, 0.15) is 32.0 Å². The lowest BCUT2D eigenvalue weighted by Crippen LogP contribution is -2.10. The second-order valence-corrected chi connectivity index (χ2v) is 6.56. The van der Waals surface area contributed by atoms with Crippen LogP contribution in [-0.2, 0) is 6.42 Å². The third kappa shape index (κ3) is 3.63. The van der Waals surface area contributed by atoms with Crippen LogP contribution in [0.3, 0.4) is 0 Å². The molecule has 0 aliphatic heterocycles. The molecule has 4 aromatic rings. The maximum atomic E-state index is 13.0. The fourth-order valence-electron chi connectivity index (χ4n) is 2.89. The Labute approximate surface area is 165 Å². The van der Waals surface area contributed by atoms with Gasteiger partial charge >= 0.3 is 0 Å². The van der Waals surface area contributed by atoms with Crippen LogP contribution < -0.4 is 0 Å². The van der Waals surface area contributed by atoms with Gasteiger partial charge in [-0.25, -0.2) is 9.97 Å². The van der Waals surface area contributed by atoms with E-state index in [1.807, 2.05) is 6.07 Å². The number of nitrogens with zero attached hydrogens (tertiary/aromatic N) is 4. The van der Waals surface area contributed by atoms with Crippen LogP contribution >= 0.6 is 11.6 Å². The van der Waals surface area contributed by atoms with Crippen molar-refractivity contribution in [2.24, 2.45) is 0 Å². The van der Waals surface area contributed by atoms with Crippen LogP contribution in [0.5, 0.6) is 0 Å². The molecule has 7 heteroatoms. The number of carbonyl (C=O) groups is 2. The van der Waals surface area contributed by atoms with Crippen molar-refractivity contribution in [1.29, 1.82) is 0 Å². The first-order valence-electron chi connectivity index (χ1n) is 8.44. The Morgan fingerprint density at radius 1 is 0.929 bits per heavy atom. The van der Waals surface area contributed by atoms with Crippen molar-refractivity contribution in [2.45, 2.75) is 6.42 Å². The van der Waals surface area contributed by atoms with Gasteiger partial charge < -0.3 is 0 Å². The van der Waals surface area contributed by atoms with Crippen LogP contribution in [-0.4, -0.2) is 31.5 Å². The van der Waals surface area contributed by atoms with Crippen LogP contribution in [0, 0.1) is 0 Å². The summed E-state index contributed by atoms with van der Waals surface area (Å²) < 4.78 is 0. The first-order valence-corrected chi connectivity index (χ1v) is 8.82. The van der Waals surface area contributed by atoms with E-state index < -0.39 is 0 Å². The summed E-state index contributed by atoms with van der Waals surface area (Å²) in [6.07, 6.45) is 7.44. The smallest absolute Gasteiger partial charge is 0.196 e. The molecular formula is C21H13ClN4O2. The molecule has 0 aliphatic carbocycles. The Morgan fingerprint density at radius 2 is 1.75 bits per heavy atom. The molecule has 4 rings (SSSR count). The van der Waals surface area contributed by atoms with E-state index in [0.717, 1.165) is 0 Å². The van der Waals surface area contributed by atoms with E-state index in [9.17, 15) is 9.59 Å². The Hall–Kier alpha value is -3.51. The van der Waals surface area contributed by atoms with Gasteiger partial charge in [0.25, 0.3) is 0 Å². The van der Waals surface area contributed by atoms with E-state index in [0.29, 0.717) is 38.3 Å². The molecule has 136 valence electrons. The van der Waals surface area contributed by atoms with Gasteiger partial charge in [0.2, 0.25) is 0 Å². The predicted octanol–water partition coefficient (Wildman–Crippen LogP) is 3.73. The molecule has 0 radical (unpaired) electrons. The molecule has 3 aromatic heterocycles. The normalized spacial score (nSPS) is 10.8. The van der Waals surface area contributed by atoms with Crippen molar-refractivity contribution < 1.29 is 9.59 Å². The number of pyridine rings is 2. The number of fused-ring (bicyclic) bond motifs is 1. The summed E-state index contributed by atoms with van der Waals surface area (Å²) in [6, 6.07) is 10.3. The minimum absolute atomic E-state index is 0.0783. The molecule has 0 saturated heterocycles. The number of carbonyl (C=O) groups excluding carboxylic acids is 2. The number of ketones is 2. The number of hydrogen-bond donors (Lipinski definition) is 0. The first-order chi connectivity index (χ1) is 13.6. The quantitative estimate of drug-likeness (QED) is 0.484. The fraction of sp³-hybridized carbons (Fsp3) is 0.0476. The van der Waals surface area contributed by atoms with Gasteiger partial charge in [-0.05, 0) is 30.3 Å². The largest absolute Gasteiger partial charge is 0.294 e. The average molecular weight is 389 g/mol. The lowest BCUT2D eigenvalue weighted by atomic mass is 9.96. The molecule has 0 bridgehead atoms. The first kappa shape index (κ1) is 17.9. The maximum Gasteiger partial charge on any atom is 0.196 e. The predicted molar refractivity (Wildman–Crippen MR) is 104 cm³/mol. The van der Waals surface area contributed by atoms with Crippen molar-refractivity contribution in [3.63, 3.8) is 0 Å². The zero-order valence-corrected chi connectivity index (χ0v) is 15.3.